The van der Waals surface area contributed by atoms with Gasteiger partial charge in [-0.15, -0.1) is 11.3 Å². The number of thiophene rings is 1. The van der Waals surface area contributed by atoms with Crippen molar-refractivity contribution < 1.29 is 17.9 Å². The first-order valence-corrected chi connectivity index (χ1v) is 6.86. The Balaban J connectivity index is 2.84. The van der Waals surface area contributed by atoms with E-state index >= 15 is 0 Å². The molecule has 0 radical (unpaired) electrons. The summed E-state index contributed by atoms with van der Waals surface area (Å²) >= 11 is 1.16. The fraction of sp³-hybridized carbons (Fsp3) is 0.286. The lowest BCUT2D eigenvalue weighted by Crippen LogP contribution is -1.98. The zero-order chi connectivity index (χ0) is 10.8. The van der Waals surface area contributed by atoms with Crippen molar-refractivity contribution in [2.75, 3.05) is 7.11 Å². The van der Waals surface area contributed by atoms with Gasteiger partial charge in [-0.05, 0) is 6.07 Å². The largest absolute Gasteiger partial charge is 0.465 e. The zero-order valence-corrected chi connectivity index (χ0v) is 9.58. The third kappa shape index (κ3) is 3.28. The van der Waals surface area contributed by atoms with Crippen LogP contribution in [0.25, 0.3) is 0 Å². The van der Waals surface area contributed by atoms with E-state index in [0.717, 1.165) is 11.3 Å². The van der Waals surface area contributed by atoms with Crippen LogP contribution < -0.4 is 0 Å². The fourth-order valence-corrected chi connectivity index (χ4v) is 3.20. The van der Waals surface area contributed by atoms with E-state index in [9.17, 15) is 13.2 Å². The third-order valence-corrected chi connectivity index (χ3v) is 3.49. The molecule has 0 saturated carbocycles. The maximum absolute atomic E-state index is 11.0. The molecule has 0 N–H and O–H groups in total. The molecule has 0 atom stereocenters. The second kappa shape index (κ2) is 4.29. The minimum atomic E-state index is -3.57. The van der Waals surface area contributed by atoms with Gasteiger partial charge in [0.25, 0.3) is 0 Å². The number of methoxy groups -OCH3 is 1. The number of esters is 1. The first-order chi connectivity index (χ1) is 6.42. The molecule has 0 bridgehead atoms. The number of halogens is 1. The van der Waals surface area contributed by atoms with Gasteiger partial charge in [0.2, 0.25) is 9.05 Å². The summed E-state index contributed by atoms with van der Waals surface area (Å²) in [5.41, 5.74) is 0.341. The molecule has 1 aromatic rings. The van der Waals surface area contributed by atoms with Crippen LogP contribution in [0.5, 0.6) is 0 Å². The van der Waals surface area contributed by atoms with Crippen molar-refractivity contribution in [2.45, 2.75) is 5.75 Å². The number of ether oxygens (including phenoxy) is 1. The highest BCUT2D eigenvalue weighted by molar-refractivity contribution is 8.13. The second-order valence-corrected chi connectivity index (χ2v) is 6.25. The molecular formula is C7H7ClO4S2. The minimum absolute atomic E-state index is 0.268. The van der Waals surface area contributed by atoms with Crippen molar-refractivity contribution in [1.29, 1.82) is 0 Å². The Labute approximate surface area is 89.9 Å². The number of carbonyl (C=O) groups is 1. The van der Waals surface area contributed by atoms with Gasteiger partial charge in [0.15, 0.2) is 0 Å². The SMILES string of the molecule is COC(=O)c1csc(CS(=O)(=O)Cl)c1. The van der Waals surface area contributed by atoms with Crippen LogP contribution in [0.1, 0.15) is 15.2 Å². The number of hydrogen-bond acceptors (Lipinski definition) is 5. The van der Waals surface area contributed by atoms with Gasteiger partial charge in [0.1, 0.15) is 0 Å². The molecule has 0 aliphatic heterocycles. The van der Waals surface area contributed by atoms with Gasteiger partial charge in [0, 0.05) is 20.9 Å². The average molecular weight is 255 g/mol. The summed E-state index contributed by atoms with van der Waals surface area (Å²) in [4.78, 5) is 11.5. The van der Waals surface area contributed by atoms with E-state index in [0.29, 0.717) is 10.4 Å². The molecule has 14 heavy (non-hydrogen) atoms. The molecule has 7 heteroatoms. The lowest BCUT2D eigenvalue weighted by molar-refractivity contribution is 0.0601. The first kappa shape index (κ1) is 11.5. The van der Waals surface area contributed by atoms with Gasteiger partial charge in [-0.2, -0.15) is 0 Å². The monoisotopic (exact) mass is 254 g/mol. The van der Waals surface area contributed by atoms with Crippen molar-refractivity contribution in [3.05, 3.63) is 21.9 Å². The molecule has 0 saturated heterocycles. The molecule has 0 fully saturated rings. The Kier molecular flexibility index (Phi) is 3.52. The standard InChI is InChI=1S/C7H7ClO4S2/c1-12-7(9)5-2-6(13-3-5)4-14(8,10)11/h2-3H,4H2,1H3. The molecule has 1 aromatic heterocycles. The highest BCUT2D eigenvalue weighted by Gasteiger charge is 2.13. The van der Waals surface area contributed by atoms with Crippen LogP contribution in [0, 0.1) is 0 Å². The molecule has 0 amide bonds. The maximum atomic E-state index is 11.0. The maximum Gasteiger partial charge on any atom is 0.338 e. The van der Waals surface area contributed by atoms with Crippen LogP contribution in [0.3, 0.4) is 0 Å². The molecule has 0 spiro atoms. The van der Waals surface area contributed by atoms with E-state index in [2.05, 4.69) is 4.74 Å². The molecule has 1 rings (SSSR count). The molecule has 78 valence electrons. The van der Waals surface area contributed by atoms with Gasteiger partial charge in [-0.3, -0.25) is 0 Å². The molecule has 0 aliphatic rings. The second-order valence-electron chi connectivity index (χ2n) is 2.48. The number of rotatable bonds is 3. The van der Waals surface area contributed by atoms with Gasteiger partial charge in [-0.25, -0.2) is 13.2 Å². The first-order valence-electron chi connectivity index (χ1n) is 3.50. The van der Waals surface area contributed by atoms with E-state index in [1.807, 2.05) is 0 Å². The third-order valence-electron chi connectivity index (χ3n) is 1.39. The highest BCUT2D eigenvalue weighted by atomic mass is 35.7. The van der Waals surface area contributed by atoms with Gasteiger partial charge >= 0.3 is 5.97 Å². The molecule has 0 unspecified atom stereocenters. The van der Waals surface area contributed by atoms with Crippen molar-refractivity contribution in [3.63, 3.8) is 0 Å². The molecule has 1 heterocycles. The van der Waals surface area contributed by atoms with Gasteiger partial charge in [-0.1, -0.05) is 0 Å². The molecule has 4 nitrogen and oxygen atoms in total. The Hall–Kier alpha value is -0.590. The van der Waals surface area contributed by atoms with Crippen LogP contribution in [0.2, 0.25) is 0 Å². The van der Waals surface area contributed by atoms with E-state index in [4.69, 9.17) is 10.7 Å². The lowest BCUT2D eigenvalue weighted by Gasteiger charge is -1.92. The van der Waals surface area contributed by atoms with Crippen LogP contribution >= 0.6 is 22.0 Å². The zero-order valence-electron chi connectivity index (χ0n) is 7.19. The van der Waals surface area contributed by atoms with Crippen molar-refractivity contribution in [2.24, 2.45) is 0 Å². The summed E-state index contributed by atoms with van der Waals surface area (Å²) in [6.07, 6.45) is 0. The molecule has 0 aromatic carbocycles. The molecular weight excluding hydrogens is 248 g/mol. The normalized spacial score (nSPS) is 11.3. The lowest BCUT2D eigenvalue weighted by atomic mass is 10.3. The minimum Gasteiger partial charge on any atom is -0.465 e. The summed E-state index contributed by atoms with van der Waals surface area (Å²) in [6, 6.07) is 1.45. The highest BCUT2D eigenvalue weighted by Crippen LogP contribution is 2.19. The summed E-state index contributed by atoms with van der Waals surface area (Å²) < 4.78 is 25.9. The Morgan fingerprint density at radius 3 is 2.79 bits per heavy atom. The van der Waals surface area contributed by atoms with Crippen molar-refractivity contribution >= 4 is 37.0 Å². The number of carbonyl (C=O) groups excluding carboxylic acids is 1. The smallest absolute Gasteiger partial charge is 0.338 e. The topological polar surface area (TPSA) is 60.4 Å². The Morgan fingerprint density at radius 1 is 1.64 bits per heavy atom. The Morgan fingerprint density at radius 2 is 2.29 bits per heavy atom. The molecule has 0 aliphatic carbocycles. The van der Waals surface area contributed by atoms with E-state index in [1.165, 1.54) is 18.6 Å². The predicted molar refractivity (Wildman–Crippen MR) is 54.1 cm³/mol. The van der Waals surface area contributed by atoms with E-state index in [-0.39, 0.29) is 5.75 Å². The summed E-state index contributed by atoms with van der Waals surface area (Å²) in [5, 5.41) is 1.53. The summed E-state index contributed by atoms with van der Waals surface area (Å²) in [5.74, 6) is -0.754. The quantitative estimate of drug-likeness (QED) is 0.607. The van der Waals surface area contributed by atoms with E-state index in [1.54, 1.807) is 0 Å². The van der Waals surface area contributed by atoms with Crippen molar-refractivity contribution in [1.82, 2.24) is 0 Å². The average Bonchev–Trinajstić information content (AvgIpc) is 2.48. The van der Waals surface area contributed by atoms with Gasteiger partial charge in [0.05, 0.1) is 18.4 Å². The van der Waals surface area contributed by atoms with Crippen LogP contribution in [0.15, 0.2) is 11.4 Å². The van der Waals surface area contributed by atoms with Gasteiger partial charge < -0.3 is 4.74 Å². The Bertz CT molecular complexity index is 434. The van der Waals surface area contributed by atoms with E-state index < -0.39 is 15.0 Å². The van der Waals surface area contributed by atoms with Crippen LogP contribution in [-0.2, 0) is 19.5 Å². The van der Waals surface area contributed by atoms with Crippen LogP contribution in [-0.4, -0.2) is 21.5 Å². The van der Waals surface area contributed by atoms with Crippen LogP contribution in [0.4, 0.5) is 0 Å². The van der Waals surface area contributed by atoms with Crippen molar-refractivity contribution in [3.8, 4) is 0 Å². The fourth-order valence-electron chi connectivity index (χ4n) is 0.851. The predicted octanol–water partition coefficient (Wildman–Crippen LogP) is 1.60. The summed E-state index contributed by atoms with van der Waals surface area (Å²) in [7, 11) is 2.75. The summed E-state index contributed by atoms with van der Waals surface area (Å²) in [6.45, 7) is 0. The number of hydrogen-bond donors (Lipinski definition) is 0.